The lowest BCUT2D eigenvalue weighted by Crippen LogP contribution is -2.22. The molecule has 0 aliphatic carbocycles. The second-order valence-electron chi connectivity index (χ2n) is 3.29. The number of alkyl halides is 3. The molecule has 0 fully saturated rings. The molecule has 98 valence electrons. The van der Waals surface area contributed by atoms with Gasteiger partial charge in [-0.2, -0.15) is 13.2 Å². The van der Waals surface area contributed by atoms with E-state index in [1.165, 1.54) is 0 Å². The number of hydrogen-bond donors (Lipinski definition) is 1. The Balaban J connectivity index is 2.63. The highest BCUT2D eigenvalue weighted by atomic mass is 32.2. The first kappa shape index (κ1) is 14.6. The molecule has 0 saturated carbocycles. The summed E-state index contributed by atoms with van der Waals surface area (Å²) in [5.41, 5.74) is 0.817. The zero-order valence-corrected chi connectivity index (χ0v) is 10.3. The van der Waals surface area contributed by atoms with Gasteiger partial charge in [0.05, 0.1) is 5.03 Å². The van der Waals surface area contributed by atoms with Gasteiger partial charge in [-0.15, -0.1) is 11.8 Å². The molecule has 3 nitrogen and oxygen atoms in total. The van der Waals surface area contributed by atoms with Crippen molar-refractivity contribution in [2.24, 2.45) is 0 Å². The molecule has 0 saturated heterocycles. The number of pyridine rings is 1. The zero-order valence-electron chi connectivity index (χ0n) is 9.49. The first-order valence-electron chi connectivity index (χ1n) is 4.93. The van der Waals surface area contributed by atoms with Crippen molar-refractivity contribution in [1.29, 1.82) is 0 Å². The molecule has 0 aliphatic heterocycles. The highest BCUT2D eigenvalue weighted by Crippen LogP contribution is 2.19. The summed E-state index contributed by atoms with van der Waals surface area (Å²) in [5, 5.41) is 2.92. The van der Waals surface area contributed by atoms with E-state index in [0.29, 0.717) is 12.6 Å². The number of rotatable bonds is 5. The number of hydrogen-bond acceptors (Lipinski definition) is 4. The van der Waals surface area contributed by atoms with Crippen LogP contribution >= 0.6 is 11.8 Å². The van der Waals surface area contributed by atoms with Crippen LogP contribution in [0.25, 0.3) is 0 Å². The van der Waals surface area contributed by atoms with E-state index in [9.17, 15) is 18.0 Å². The van der Waals surface area contributed by atoms with E-state index in [4.69, 9.17) is 0 Å². The van der Waals surface area contributed by atoms with Gasteiger partial charge in [-0.1, -0.05) is 6.07 Å². The average Bonchev–Trinajstić information content (AvgIpc) is 2.34. The van der Waals surface area contributed by atoms with E-state index < -0.39 is 12.0 Å². The fraction of sp³-hybridized carbons (Fsp3) is 0.273. The van der Waals surface area contributed by atoms with Crippen molar-refractivity contribution in [3.63, 3.8) is 0 Å². The van der Waals surface area contributed by atoms with E-state index >= 15 is 0 Å². The largest absolute Gasteiger partial charge is 0.454 e. The number of carbonyl (C=O) groups excluding carboxylic acids is 1. The molecule has 7 heteroatoms. The second kappa shape index (κ2) is 6.44. The molecule has 0 unspecified atom stereocenters. The standard InChI is InChI=1S/C11H11F3N2OS/c1-18-10(5-9(17)11(12,13)14)16-7-8-3-2-4-15-6-8/h2-6,16H,7H2,1H3. The van der Waals surface area contributed by atoms with Crippen LogP contribution in [0, 0.1) is 0 Å². The van der Waals surface area contributed by atoms with Crippen LogP contribution in [0.2, 0.25) is 0 Å². The Labute approximate surface area is 106 Å². The number of thioether (sulfide) groups is 1. The van der Waals surface area contributed by atoms with Crippen molar-refractivity contribution in [2.45, 2.75) is 12.7 Å². The van der Waals surface area contributed by atoms with Crippen molar-refractivity contribution < 1.29 is 18.0 Å². The van der Waals surface area contributed by atoms with Gasteiger partial charge in [0.1, 0.15) is 0 Å². The molecular weight excluding hydrogens is 265 g/mol. The summed E-state index contributed by atoms with van der Waals surface area (Å²) in [6.45, 7) is 0.311. The molecule has 1 aromatic heterocycles. The van der Waals surface area contributed by atoms with Crippen LogP contribution < -0.4 is 5.32 Å². The highest BCUT2D eigenvalue weighted by molar-refractivity contribution is 8.02. The predicted molar refractivity (Wildman–Crippen MR) is 63.7 cm³/mol. The van der Waals surface area contributed by atoms with E-state index in [0.717, 1.165) is 17.3 Å². The number of allylic oxidation sites excluding steroid dienone is 1. The fourth-order valence-corrected chi connectivity index (χ4v) is 1.52. The van der Waals surface area contributed by atoms with Gasteiger partial charge in [-0.05, 0) is 17.9 Å². The summed E-state index contributed by atoms with van der Waals surface area (Å²) in [6.07, 6.45) is 0.502. The number of halogens is 3. The van der Waals surface area contributed by atoms with Crippen molar-refractivity contribution in [3.8, 4) is 0 Å². The van der Waals surface area contributed by atoms with Crippen LogP contribution in [0.4, 0.5) is 13.2 Å². The van der Waals surface area contributed by atoms with E-state index in [1.807, 2.05) is 0 Å². The first-order valence-corrected chi connectivity index (χ1v) is 6.15. The first-order chi connectivity index (χ1) is 8.43. The lowest BCUT2D eigenvalue weighted by atomic mass is 10.3. The third-order valence-corrected chi connectivity index (χ3v) is 2.65. The lowest BCUT2D eigenvalue weighted by Gasteiger charge is -2.09. The summed E-state index contributed by atoms with van der Waals surface area (Å²) in [4.78, 5) is 14.7. The van der Waals surface area contributed by atoms with Crippen molar-refractivity contribution in [2.75, 3.05) is 6.26 Å². The van der Waals surface area contributed by atoms with Crippen LogP contribution in [0.3, 0.4) is 0 Å². The molecule has 0 radical (unpaired) electrons. The predicted octanol–water partition coefficient (Wildman–Crippen LogP) is 2.51. The SMILES string of the molecule is CSC(=CC(=O)C(F)(F)F)NCc1cccnc1. The molecule has 1 aromatic rings. The maximum Gasteiger partial charge on any atom is 0.454 e. The monoisotopic (exact) mass is 276 g/mol. The fourth-order valence-electron chi connectivity index (χ4n) is 1.07. The van der Waals surface area contributed by atoms with Gasteiger partial charge < -0.3 is 5.32 Å². The second-order valence-corrected chi connectivity index (χ2v) is 4.14. The summed E-state index contributed by atoms with van der Waals surface area (Å²) in [6, 6.07) is 3.50. The van der Waals surface area contributed by atoms with E-state index in [2.05, 4.69) is 10.3 Å². The van der Waals surface area contributed by atoms with Gasteiger partial charge in [-0.25, -0.2) is 0 Å². The zero-order chi connectivity index (χ0) is 13.6. The summed E-state index contributed by atoms with van der Waals surface area (Å²) in [7, 11) is 0. The Morgan fingerprint density at radius 3 is 2.78 bits per heavy atom. The Morgan fingerprint density at radius 2 is 2.28 bits per heavy atom. The number of ketones is 1. The smallest absolute Gasteiger partial charge is 0.376 e. The highest BCUT2D eigenvalue weighted by Gasteiger charge is 2.36. The maximum atomic E-state index is 12.1. The molecule has 1 rings (SSSR count). The number of aromatic nitrogens is 1. The summed E-state index contributed by atoms with van der Waals surface area (Å²) < 4.78 is 36.2. The molecular formula is C11H11F3N2OS. The minimum atomic E-state index is -4.84. The third kappa shape index (κ3) is 4.79. The molecule has 0 bridgehead atoms. The van der Waals surface area contributed by atoms with Crippen LogP contribution in [0.5, 0.6) is 0 Å². The quantitative estimate of drug-likeness (QED) is 0.839. The van der Waals surface area contributed by atoms with Gasteiger partial charge >= 0.3 is 6.18 Å². The molecule has 1 N–H and O–H groups in total. The van der Waals surface area contributed by atoms with Crippen LogP contribution in [0.15, 0.2) is 35.6 Å². The Hall–Kier alpha value is -1.50. The molecule has 1 heterocycles. The van der Waals surface area contributed by atoms with E-state index in [-0.39, 0.29) is 5.03 Å². The average molecular weight is 276 g/mol. The number of nitrogens with one attached hydrogen (secondary N) is 1. The number of carbonyl (C=O) groups is 1. The Kier molecular flexibility index (Phi) is 5.21. The van der Waals surface area contributed by atoms with Gasteiger partial charge in [0.15, 0.2) is 0 Å². The lowest BCUT2D eigenvalue weighted by molar-refractivity contribution is -0.165. The Morgan fingerprint density at radius 1 is 1.56 bits per heavy atom. The Bertz CT molecular complexity index is 432. The van der Waals surface area contributed by atoms with Gasteiger partial charge in [0.25, 0.3) is 5.78 Å². The van der Waals surface area contributed by atoms with Crippen molar-refractivity contribution in [1.82, 2.24) is 10.3 Å². The molecule has 0 aromatic carbocycles. The summed E-state index contributed by atoms with van der Waals surface area (Å²) >= 11 is 1.04. The molecule has 18 heavy (non-hydrogen) atoms. The molecule has 0 spiro atoms. The van der Waals surface area contributed by atoms with Crippen molar-refractivity contribution in [3.05, 3.63) is 41.2 Å². The van der Waals surface area contributed by atoms with Gasteiger partial charge in [-0.3, -0.25) is 9.78 Å². The number of nitrogens with zero attached hydrogens (tertiary/aromatic N) is 1. The van der Waals surface area contributed by atoms with Gasteiger partial charge in [0.2, 0.25) is 0 Å². The third-order valence-electron chi connectivity index (χ3n) is 1.95. The molecule has 0 atom stereocenters. The minimum Gasteiger partial charge on any atom is -0.376 e. The van der Waals surface area contributed by atoms with E-state index in [1.54, 1.807) is 30.8 Å². The topological polar surface area (TPSA) is 42.0 Å². The maximum absolute atomic E-state index is 12.1. The van der Waals surface area contributed by atoms with Crippen LogP contribution in [-0.4, -0.2) is 23.2 Å². The van der Waals surface area contributed by atoms with Gasteiger partial charge in [0, 0.05) is 25.0 Å². The minimum absolute atomic E-state index is 0.168. The normalized spacial score (nSPS) is 12.3. The molecule has 0 aliphatic rings. The molecule has 0 amide bonds. The summed E-state index contributed by atoms with van der Waals surface area (Å²) in [5.74, 6) is -1.87. The van der Waals surface area contributed by atoms with Crippen molar-refractivity contribution >= 4 is 17.5 Å². The van der Waals surface area contributed by atoms with Crippen LogP contribution in [-0.2, 0) is 11.3 Å². The van der Waals surface area contributed by atoms with Crippen LogP contribution in [0.1, 0.15) is 5.56 Å².